The lowest BCUT2D eigenvalue weighted by Gasteiger charge is -2.39. The van der Waals surface area contributed by atoms with Gasteiger partial charge in [0.25, 0.3) is 0 Å². The topological polar surface area (TPSA) is 66.6 Å². The SMILES string of the molecule is CCN(CC(C)C(=O)O)C1CCCCC1CN. The fourth-order valence-corrected chi connectivity index (χ4v) is 2.87. The molecule has 0 heterocycles. The molecular weight excluding hydrogens is 216 g/mol. The van der Waals surface area contributed by atoms with E-state index in [0.29, 0.717) is 18.5 Å². The quantitative estimate of drug-likeness (QED) is 0.741. The van der Waals surface area contributed by atoms with Crippen molar-refractivity contribution in [2.75, 3.05) is 19.6 Å². The van der Waals surface area contributed by atoms with Gasteiger partial charge in [0.15, 0.2) is 0 Å². The molecule has 0 saturated heterocycles. The van der Waals surface area contributed by atoms with Crippen LogP contribution in [-0.2, 0) is 4.79 Å². The van der Waals surface area contributed by atoms with Crippen LogP contribution in [0.3, 0.4) is 0 Å². The number of hydrogen-bond donors (Lipinski definition) is 2. The molecule has 0 radical (unpaired) electrons. The molecular formula is C13H26N2O2. The lowest BCUT2D eigenvalue weighted by Crippen LogP contribution is -2.47. The van der Waals surface area contributed by atoms with Gasteiger partial charge in [0, 0.05) is 12.6 Å². The molecule has 1 aliphatic rings. The van der Waals surface area contributed by atoms with E-state index >= 15 is 0 Å². The summed E-state index contributed by atoms with van der Waals surface area (Å²) in [5.41, 5.74) is 5.83. The largest absolute Gasteiger partial charge is 0.481 e. The van der Waals surface area contributed by atoms with Crippen LogP contribution in [0, 0.1) is 11.8 Å². The predicted octanol–water partition coefficient (Wildman–Crippen LogP) is 1.55. The molecule has 0 aromatic rings. The summed E-state index contributed by atoms with van der Waals surface area (Å²) in [6.07, 6.45) is 4.88. The summed E-state index contributed by atoms with van der Waals surface area (Å²) in [7, 11) is 0. The Morgan fingerprint density at radius 3 is 2.65 bits per heavy atom. The second kappa shape index (κ2) is 6.97. The molecule has 0 bridgehead atoms. The van der Waals surface area contributed by atoms with Crippen molar-refractivity contribution in [3.8, 4) is 0 Å². The van der Waals surface area contributed by atoms with Gasteiger partial charge in [-0.1, -0.05) is 26.7 Å². The van der Waals surface area contributed by atoms with E-state index in [-0.39, 0.29) is 5.92 Å². The van der Waals surface area contributed by atoms with Crippen molar-refractivity contribution in [1.82, 2.24) is 4.90 Å². The van der Waals surface area contributed by atoms with E-state index in [1.165, 1.54) is 25.7 Å². The highest BCUT2D eigenvalue weighted by molar-refractivity contribution is 5.69. The number of aliphatic carboxylic acids is 1. The minimum absolute atomic E-state index is 0.296. The first-order valence-electron chi connectivity index (χ1n) is 6.77. The fraction of sp³-hybridized carbons (Fsp3) is 0.923. The average Bonchev–Trinajstić information content (AvgIpc) is 2.35. The lowest BCUT2D eigenvalue weighted by atomic mass is 9.83. The van der Waals surface area contributed by atoms with Gasteiger partial charge < -0.3 is 10.8 Å². The van der Waals surface area contributed by atoms with E-state index in [2.05, 4.69) is 11.8 Å². The average molecular weight is 242 g/mol. The Kier molecular flexibility index (Phi) is 5.92. The minimum atomic E-state index is -0.705. The molecule has 3 N–H and O–H groups in total. The first-order chi connectivity index (χ1) is 8.10. The first kappa shape index (κ1) is 14.5. The van der Waals surface area contributed by atoms with Gasteiger partial charge in [-0.25, -0.2) is 0 Å². The van der Waals surface area contributed by atoms with E-state index in [4.69, 9.17) is 10.8 Å². The van der Waals surface area contributed by atoms with E-state index in [1.807, 2.05) is 0 Å². The normalized spacial score (nSPS) is 27.1. The van der Waals surface area contributed by atoms with Crippen LogP contribution >= 0.6 is 0 Å². The highest BCUT2D eigenvalue weighted by Crippen LogP contribution is 2.28. The standard InChI is InChI=1S/C13H26N2O2/c1-3-15(9-10(2)13(16)17)12-7-5-4-6-11(12)8-14/h10-12H,3-9,14H2,1-2H3,(H,16,17). The molecule has 0 aromatic carbocycles. The van der Waals surface area contributed by atoms with Crippen LogP contribution in [0.4, 0.5) is 0 Å². The number of nitrogens with zero attached hydrogens (tertiary/aromatic N) is 1. The molecule has 1 aliphatic carbocycles. The van der Waals surface area contributed by atoms with Gasteiger partial charge in [-0.3, -0.25) is 9.69 Å². The van der Waals surface area contributed by atoms with Crippen LogP contribution in [0.5, 0.6) is 0 Å². The Labute approximate surface area is 104 Å². The Hall–Kier alpha value is -0.610. The molecule has 4 nitrogen and oxygen atoms in total. The Bertz CT molecular complexity index is 246. The summed E-state index contributed by atoms with van der Waals surface area (Å²) >= 11 is 0. The highest BCUT2D eigenvalue weighted by atomic mass is 16.4. The minimum Gasteiger partial charge on any atom is -0.481 e. The number of carbonyl (C=O) groups is 1. The van der Waals surface area contributed by atoms with E-state index < -0.39 is 5.97 Å². The third kappa shape index (κ3) is 3.96. The molecule has 3 unspecified atom stereocenters. The summed E-state index contributed by atoms with van der Waals surface area (Å²) in [5, 5.41) is 9.00. The summed E-state index contributed by atoms with van der Waals surface area (Å²) in [4.78, 5) is 13.2. The van der Waals surface area contributed by atoms with Crippen molar-refractivity contribution in [2.24, 2.45) is 17.6 Å². The predicted molar refractivity (Wildman–Crippen MR) is 68.8 cm³/mol. The second-order valence-electron chi connectivity index (χ2n) is 5.17. The Morgan fingerprint density at radius 1 is 1.47 bits per heavy atom. The van der Waals surface area contributed by atoms with Gasteiger partial charge in [-0.15, -0.1) is 0 Å². The summed E-state index contributed by atoms with van der Waals surface area (Å²) in [6, 6.07) is 0.487. The van der Waals surface area contributed by atoms with Crippen LogP contribution in [-0.4, -0.2) is 41.7 Å². The molecule has 3 atom stereocenters. The van der Waals surface area contributed by atoms with E-state index in [0.717, 1.165) is 13.1 Å². The fourth-order valence-electron chi connectivity index (χ4n) is 2.87. The smallest absolute Gasteiger partial charge is 0.307 e. The molecule has 1 fully saturated rings. The molecule has 0 aliphatic heterocycles. The number of carboxylic acids is 1. The lowest BCUT2D eigenvalue weighted by molar-refractivity contribution is -0.142. The maximum absolute atomic E-state index is 10.9. The maximum Gasteiger partial charge on any atom is 0.307 e. The highest BCUT2D eigenvalue weighted by Gasteiger charge is 2.30. The first-order valence-corrected chi connectivity index (χ1v) is 6.77. The molecule has 0 spiro atoms. The van der Waals surface area contributed by atoms with Crippen molar-refractivity contribution < 1.29 is 9.90 Å². The molecule has 1 rings (SSSR count). The molecule has 1 saturated carbocycles. The molecule has 4 heteroatoms. The van der Waals surface area contributed by atoms with E-state index in [1.54, 1.807) is 6.92 Å². The summed E-state index contributed by atoms with van der Waals surface area (Å²) < 4.78 is 0. The summed E-state index contributed by atoms with van der Waals surface area (Å²) in [5.74, 6) is -0.455. The Balaban J connectivity index is 2.60. The van der Waals surface area contributed by atoms with Gasteiger partial charge in [-0.2, -0.15) is 0 Å². The zero-order valence-electron chi connectivity index (χ0n) is 11.1. The van der Waals surface area contributed by atoms with Crippen molar-refractivity contribution >= 4 is 5.97 Å². The molecule has 0 amide bonds. The zero-order valence-corrected chi connectivity index (χ0v) is 11.1. The third-order valence-corrected chi connectivity index (χ3v) is 3.98. The van der Waals surface area contributed by atoms with Gasteiger partial charge in [0.1, 0.15) is 0 Å². The van der Waals surface area contributed by atoms with Crippen LogP contribution in [0.2, 0.25) is 0 Å². The summed E-state index contributed by atoms with van der Waals surface area (Å²) in [6.45, 7) is 6.18. The third-order valence-electron chi connectivity index (χ3n) is 3.98. The number of rotatable bonds is 6. The monoisotopic (exact) mass is 242 g/mol. The van der Waals surface area contributed by atoms with Gasteiger partial charge in [0.05, 0.1) is 5.92 Å². The Morgan fingerprint density at radius 2 is 2.12 bits per heavy atom. The number of hydrogen-bond acceptors (Lipinski definition) is 3. The van der Waals surface area contributed by atoms with Gasteiger partial charge in [-0.05, 0) is 31.8 Å². The van der Waals surface area contributed by atoms with Crippen LogP contribution in [0.25, 0.3) is 0 Å². The molecule has 17 heavy (non-hydrogen) atoms. The number of carboxylic acid groups (broad SMARTS) is 1. The van der Waals surface area contributed by atoms with Gasteiger partial charge >= 0.3 is 5.97 Å². The number of nitrogens with two attached hydrogens (primary N) is 1. The maximum atomic E-state index is 10.9. The van der Waals surface area contributed by atoms with Crippen LogP contribution < -0.4 is 5.73 Å². The molecule has 0 aromatic heterocycles. The molecule has 100 valence electrons. The van der Waals surface area contributed by atoms with Gasteiger partial charge in [0.2, 0.25) is 0 Å². The van der Waals surface area contributed by atoms with Crippen molar-refractivity contribution in [3.05, 3.63) is 0 Å². The zero-order chi connectivity index (χ0) is 12.8. The van der Waals surface area contributed by atoms with Crippen molar-refractivity contribution in [3.63, 3.8) is 0 Å². The van der Waals surface area contributed by atoms with E-state index in [9.17, 15) is 4.79 Å². The van der Waals surface area contributed by atoms with Crippen molar-refractivity contribution in [2.45, 2.75) is 45.6 Å². The van der Waals surface area contributed by atoms with Crippen LogP contribution in [0.1, 0.15) is 39.5 Å². The van der Waals surface area contributed by atoms with Crippen LogP contribution in [0.15, 0.2) is 0 Å². The van der Waals surface area contributed by atoms with Crippen molar-refractivity contribution in [1.29, 1.82) is 0 Å². The second-order valence-corrected chi connectivity index (χ2v) is 5.17.